The highest BCUT2D eigenvalue weighted by Gasteiger charge is 2.17. The van der Waals surface area contributed by atoms with Gasteiger partial charge in [-0.1, -0.05) is 28.9 Å². The summed E-state index contributed by atoms with van der Waals surface area (Å²) in [6.45, 7) is 0. The van der Waals surface area contributed by atoms with Crippen LogP contribution in [0.3, 0.4) is 0 Å². The summed E-state index contributed by atoms with van der Waals surface area (Å²) in [5.41, 5.74) is 1.88. The zero-order chi connectivity index (χ0) is 17.3. The Morgan fingerprint density at radius 2 is 1.71 bits per heavy atom. The number of nitriles is 1. The highest BCUT2D eigenvalue weighted by Crippen LogP contribution is 2.26. The molecule has 1 aromatic heterocycles. The third kappa shape index (κ3) is 3.00. The van der Waals surface area contributed by atoms with Gasteiger partial charge in [0, 0.05) is 10.6 Å². The monoisotopic (exact) mass is 359 g/mol. The van der Waals surface area contributed by atoms with Crippen LogP contribution >= 0.6 is 11.6 Å². The topological polar surface area (TPSA) is 115 Å². The van der Waals surface area contributed by atoms with Crippen molar-refractivity contribution in [3.05, 3.63) is 59.2 Å². The normalized spacial score (nSPS) is 11.2. The van der Waals surface area contributed by atoms with E-state index in [9.17, 15) is 13.7 Å². The van der Waals surface area contributed by atoms with Crippen molar-refractivity contribution in [2.75, 3.05) is 0 Å². The van der Waals surface area contributed by atoms with E-state index in [1.165, 1.54) is 28.9 Å². The lowest BCUT2D eigenvalue weighted by Gasteiger charge is -2.07. The zero-order valence-electron chi connectivity index (χ0n) is 12.1. The van der Waals surface area contributed by atoms with Crippen LogP contribution in [0.4, 0.5) is 0 Å². The SMILES string of the molecule is N#Cc1nnn(-c2ccc(S(N)(=O)=O)cc2)c1-c1ccc(Cl)cc1. The Balaban J connectivity index is 2.14. The molecule has 2 N–H and O–H groups in total. The van der Waals surface area contributed by atoms with Gasteiger partial charge in [-0.05, 0) is 36.4 Å². The summed E-state index contributed by atoms with van der Waals surface area (Å²) < 4.78 is 24.1. The summed E-state index contributed by atoms with van der Waals surface area (Å²) >= 11 is 5.89. The van der Waals surface area contributed by atoms with Crippen molar-refractivity contribution >= 4 is 21.6 Å². The van der Waals surface area contributed by atoms with Crippen molar-refractivity contribution in [1.82, 2.24) is 15.0 Å². The van der Waals surface area contributed by atoms with Crippen LogP contribution in [0.1, 0.15) is 5.69 Å². The van der Waals surface area contributed by atoms with Gasteiger partial charge in [-0.15, -0.1) is 5.10 Å². The molecule has 0 spiro atoms. The first kappa shape index (κ1) is 16.1. The van der Waals surface area contributed by atoms with Gasteiger partial charge in [0.2, 0.25) is 10.0 Å². The van der Waals surface area contributed by atoms with Gasteiger partial charge in [-0.3, -0.25) is 0 Å². The molecule has 1 heterocycles. The van der Waals surface area contributed by atoms with Crippen molar-refractivity contribution in [2.45, 2.75) is 4.90 Å². The maximum Gasteiger partial charge on any atom is 0.238 e. The Kier molecular flexibility index (Phi) is 4.07. The maximum atomic E-state index is 11.3. The van der Waals surface area contributed by atoms with Gasteiger partial charge in [0.15, 0.2) is 5.69 Å². The molecule has 7 nitrogen and oxygen atoms in total. The van der Waals surface area contributed by atoms with Gasteiger partial charge in [0.05, 0.1) is 10.6 Å². The summed E-state index contributed by atoms with van der Waals surface area (Å²) in [7, 11) is -3.78. The number of nitrogens with zero attached hydrogens (tertiary/aromatic N) is 4. The number of nitrogens with two attached hydrogens (primary N) is 1. The van der Waals surface area contributed by atoms with Gasteiger partial charge in [-0.2, -0.15) is 5.26 Å². The molecule has 9 heteroatoms. The molecule has 3 aromatic rings. The molecule has 0 bridgehead atoms. The highest BCUT2D eigenvalue weighted by molar-refractivity contribution is 7.89. The van der Waals surface area contributed by atoms with E-state index in [-0.39, 0.29) is 10.6 Å². The molecule has 0 fully saturated rings. The first-order valence-corrected chi connectivity index (χ1v) is 8.57. The van der Waals surface area contributed by atoms with Crippen LogP contribution < -0.4 is 5.14 Å². The first-order valence-electron chi connectivity index (χ1n) is 6.65. The lowest BCUT2D eigenvalue weighted by atomic mass is 10.1. The minimum atomic E-state index is -3.78. The number of hydrogen-bond acceptors (Lipinski definition) is 5. The van der Waals surface area contributed by atoms with E-state index in [4.69, 9.17) is 16.7 Å². The van der Waals surface area contributed by atoms with Crippen LogP contribution in [0.15, 0.2) is 53.4 Å². The fourth-order valence-electron chi connectivity index (χ4n) is 2.18. The molecule has 24 heavy (non-hydrogen) atoms. The second-order valence-electron chi connectivity index (χ2n) is 4.86. The fourth-order valence-corrected chi connectivity index (χ4v) is 2.82. The van der Waals surface area contributed by atoms with E-state index in [2.05, 4.69) is 10.3 Å². The molecule has 0 aliphatic heterocycles. The number of aromatic nitrogens is 3. The molecule has 0 atom stereocenters. The number of hydrogen-bond donors (Lipinski definition) is 1. The summed E-state index contributed by atoms with van der Waals surface area (Å²) in [5.74, 6) is 0. The number of sulfonamides is 1. The van der Waals surface area contributed by atoms with Gasteiger partial charge < -0.3 is 0 Å². The molecule has 0 radical (unpaired) electrons. The van der Waals surface area contributed by atoms with Gasteiger partial charge >= 0.3 is 0 Å². The first-order chi connectivity index (χ1) is 11.4. The number of primary sulfonamides is 1. The Morgan fingerprint density at radius 1 is 1.08 bits per heavy atom. The van der Waals surface area contributed by atoms with Crippen molar-refractivity contribution in [3.63, 3.8) is 0 Å². The number of rotatable bonds is 3. The fraction of sp³-hybridized carbons (Fsp3) is 0. The van der Waals surface area contributed by atoms with E-state index in [1.807, 2.05) is 6.07 Å². The second-order valence-corrected chi connectivity index (χ2v) is 6.85. The largest absolute Gasteiger partial charge is 0.238 e. The van der Waals surface area contributed by atoms with Crippen molar-refractivity contribution in [3.8, 4) is 23.0 Å². The molecule has 0 aliphatic carbocycles. The molecule has 0 aliphatic rings. The van der Waals surface area contributed by atoms with Crippen molar-refractivity contribution in [1.29, 1.82) is 5.26 Å². The predicted molar refractivity (Wildman–Crippen MR) is 87.9 cm³/mol. The Hall–Kier alpha value is -2.73. The molecule has 0 saturated heterocycles. The standard InChI is InChI=1S/C15H10ClN5O2S/c16-11-3-1-10(2-4-11)15-14(9-17)19-20-21(15)12-5-7-13(8-6-12)24(18,22)23/h1-8H,(H2,18,22,23). The molecule has 2 aromatic carbocycles. The van der Waals surface area contributed by atoms with Crippen LogP contribution in [-0.2, 0) is 10.0 Å². The Morgan fingerprint density at radius 3 is 2.25 bits per heavy atom. The van der Waals surface area contributed by atoms with Crippen LogP contribution in [0, 0.1) is 11.3 Å². The lowest BCUT2D eigenvalue weighted by Crippen LogP contribution is -2.12. The van der Waals surface area contributed by atoms with Crippen LogP contribution in [0.25, 0.3) is 16.9 Å². The summed E-state index contributed by atoms with van der Waals surface area (Å²) in [6.07, 6.45) is 0. The van der Waals surface area contributed by atoms with Crippen LogP contribution in [0.5, 0.6) is 0 Å². The van der Waals surface area contributed by atoms with Crippen LogP contribution in [0.2, 0.25) is 5.02 Å². The molecule has 0 unspecified atom stereocenters. The molecular weight excluding hydrogens is 350 g/mol. The summed E-state index contributed by atoms with van der Waals surface area (Å²) in [4.78, 5) is -0.0140. The maximum absolute atomic E-state index is 11.3. The lowest BCUT2D eigenvalue weighted by molar-refractivity contribution is 0.598. The molecule has 3 rings (SSSR count). The van der Waals surface area contributed by atoms with E-state index < -0.39 is 10.0 Å². The van der Waals surface area contributed by atoms with E-state index in [0.29, 0.717) is 22.0 Å². The van der Waals surface area contributed by atoms with Crippen molar-refractivity contribution in [2.24, 2.45) is 5.14 Å². The average molecular weight is 360 g/mol. The van der Waals surface area contributed by atoms with E-state index >= 15 is 0 Å². The minimum Gasteiger partial charge on any atom is -0.225 e. The zero-order valence-corrected chi connectivity index (χ0v) is 13.7. The quantitative estimate of drug-likeness (QED) is 0.769. The Bertz CT molecular complexity index is 1030. The smallest absolute Gasteiger partial charge is 0.225 e. The van der Waals surface area contributed by atoms with Gasteiger partial charge in [0.1, 0.15) is 11.8 Å². The summed E-state index contributed by atoms with van der Waals surface area (Å²) in [6, 6.07) is 14.7. The third-order valence-electron chi connectivity index (χ3n) is 3.30. The minimum absolute atomic E-state index is 0.0140. The predicted octanol–water partition coefficient (Wildman–Crippen LogP) is 2.11. The number of halogens is 1. The summed E-state index contributed by atoms with van der Waals surface area (Å²) in [5, 5.41) is 22.7. The third-order valence-corrected chi connectivity index (χ3v) is 4.48. The molecule has 0 amide bonds. The van der Waals surface area contributed by atoms with E-state index in [1.54, 1.807) is 24.3 Å². The highest BCUT2D eigenvalue weighted by atomic mass is 35.5. The molecule has 0 saturated carbocycles. The second kappa shape index (κ2) is 6.05. The Labute approximate surface area is 143 Å². The van der Waals surface area contributed by atoms with Gasteiger partial charge in [-0.25, -0.2) is 18.2 Å². The number of benzene rings is 2. The average Bonchev–Trinajstić information content (AvgIpc) is 2.99. The van der Waals surface area contributed by atoms with Gasteiger partial charge in [0.25, 0.3) is 0 Å². The van der Waals surface area contributed by atoms with Crippen molar-refractivity contribution < 1.29 is 8.42 Å². The van der Waals surface area contributed by atoms with Crippen LogP contribution in [-0.4, -0.2) is 23.4 Å². The molecule has 120 valence electrons. The van der Waals surface area contributed by atoms with E-state index in [0.717, 1.165) is 0 Å². The molecular formula is C15H10ClN5O2S.